The molecule has 4 aliphatic carbocycles. The number of alkyl halides is 1. The van der Waals surface area contributed by atoms with Crippen LogP contribution in [0.3, 0.4) is 0 Å². The molecule has 0 amide bonds. The first kappa shape index (κ1) is 71.1. The van der Waals surface area contributed by atoms with Crippen LogP contribution in [0.1, 0.15) is 208 Å². The van der Waals surface area contributed by atoms with Gasteiger partial charge in [0.1, 0.15) is 46.3 Å². The van der Waals surface area contributed by atoms with Crippen molar-refractivity contribution >= 4 is 88.8 Å². The van der Waals surface area contributed by atoms with Gasteiger partial charge in [-0.1, -0.05) is 63.4 Å². The van der Waals surface area contributed by atoms with E-state index < -0.39 is 5.67 Å². The second-order valence-electron chi connectivity index (χ2n) is 32.1. The van der Waals surface area contributed by atoms with Gasteiger partial charge in [0.25, 0.3) is 0 Å². The highest BCUT2D eigenvalue weighted by Gasteiger charge is 2.48. The third-order valence-electron chi connectivity index (χ3n) is 23.8. The van der Waals surface area contributed by atoms with E-state index in [0.717, 1.165) is 188 Å². The molecule has 6 aromatic carbocycles. The lowest BCUT2D eigenvalue weighted by Crippen LogP contribution is -2.10. The number of aromatic amines is 3. The topological polar surface area (TPSA) is 245 Å². The molecule has 19 nitrogen and oxygen atoms in total. The molecule has 20 heteroatoms. The Balaban J connectivity index is 0.000000104. The summed E-state index contributed by atoms with van der Waals surface area (Å²) in [5, 5.41) is 19.1. The molecule has 3 aliphatic heterocycles. The van der Waals surface area contributed by atoms with Crippen LogP contribution < -0.4 is 0 Å². The van der Waals surface area contributed by atoms with Crippen molar-refractivity contribution in [3.63, 3.8) is 0 Å². The van der Waals surface area contributed by atoms with Gasteiger partial charge in [0.05, 0.1) is 86.5 Å². The summed E-state index contributed by atoms with van der Waals surface area (Å²) in [7, 11) is 2.17. The van der Waals surface area contributed by atoms with Gasteiger partial charge in [-0.05, 0) is 265 Å². The SMILES string of the molecule is CC1=NCC(C)=C1c1cc(-c2c(C)noc2C)cc2[nH]c(C3(F)CC3)nc12.CC1=NCC(C)=C1c1cc(-c2c(C)noc2C)cc2[nH]c(C3CC3)nc12.CC1=NCC(C)=C1c1cc(-c2c(C)noc2C)cc2[nH]c(C3CCC3)nc12.Cc1ccc2ccccc2c1-c1cc(-c2c(C)noc2C)cc2nc(C3CC3)n(C)c12. The molecular formula is C91H92FN15O4. The number of benzene rings is 6. The normalized spacial score (nSPS) is 16.8. The molecule has 0 atom stereocenters. The molecule has 4 fully saturated rings. The molecule has 0 bridgehead atoms. The fourth-order valence-electron chi connectivity index (χ4n) is 17.5. The van der Waals surface area contributed by atoms with Gasteiger partial charge in [0.15, 0.2) is 5.67 Å². The highest BCUT2D eigenvalue weighted by molar-refractivity contribution is 6.29. The molecule has 0 unspecified atom stereocenters. The zero-order chi connectivity index (χ0) is 76.9. The van der Waals surface area contributed by atoms with Crippen molar-refractivity contribution in [2.75, 3.05) is 19.6 Å². The van der Waals surface area contributed by atoms with Crippen molar-refractivity contribution in [2.24, 2.45) is 22.0 Å². The van der Waals surface area contributed by atoms with Crippen LogP contribution in [-0.2, 0) is 12.7 Å². The smallest absolute Gasteiger partial charge is 0.168 e. The number of aryl methyl sites for hydroxylation is 10. The molecule has 111 heavy (non-hydrogen) atoms. The van der Waals surface area contributed by atoms with Gasteiger partial charge in [-0.25, -0.2) is 24.3 Å². The van der Waals surface area contributed by atoms with Gasteiger partial charge in [0.2, 0.25) is 0 Å². The summed E-state index contributed by atoms with van der Waals surface area (Å²) < 4.78 is 38.7. The van der Waals surface area contributed by atoms with Crippen molar-refractivity contribution in [1.29, 1.82) is 0 Å². The Labute approximate surface area is 643 Å². The van der Waals surface area contributed by atoms with Gasteiger partial charge in [-0.15, -0.1) is 0 Å². The summed E-state index contributed by atoms with van der Waals surface area (Å²) in [4.78, 5) is 44.1. The molecule has 7 aliphatic rings. The van der Waals surface area contributed by atoms with Crippen LogP contribution in [0.5, 0.6) is 0 Å². The first-order chi connectivity index (χ1) is 53.4. The van der Waals surface area contributed by atoms with Crippen molar-refractivity contribution in [1.82, 2.24) is 60.1 Å². The van der Waals surface area contributed by atoms with Crippen molar-refractivity contribution in [3.05, 3.63) is 193 Å². The van der Waals surface area contributed by atoms with E-state index in [1.807, 2.05) is 68.4 Å². The number of hydrogen-bond acceptors (Lipinski definition) is 15. The van der Waals surface area contributed by atoms with Crippen LogP contribution in [-0.4, -0.2) is 96.9 Å². The van der Waals surface area contributed by atoms with Crippen molar-refractivity contribution in [2.45, 2.75) is 185 Å². The van der Waals surface area contributed by atoms with Crippen LogP contribution >= 0.6 is 0 Å². The molecule has 4 saturated carbocycles. The van der Waals surface area contributed by atoms with Gasteiger partial charge in [-0.3, -0.25) is 15.0 Å². The fraction of sp³-hybridized carbons (Fsp3) is 0.352. The van der Waals surface area contributed by atoms with Crippen LogP contribution in [0.25, 0.3) is 127 Å². The number of aromatic nitrogens is 12. The number of allylic oxidation sites excluding steroid dienone is 3. The Bertz CT molecular complexity index is 6340. The van der Waals surface area contributed by atoms with E-state index in [9.17, 15) is 4.39 Å². The van der Waals surface area contributed by atoms with E-state index in [0.29, 0.717) is 43.0 Å². The van der Waals surface area contributed by atoms with Crippen molar-refractivity contribution in [3.8, 4) is 55.6 Å². The molecule has 8 aromatic heterocycles. The number of nitrogens with one attached hydrogen (secondary N) is 3. The minimum Gasteiger partial charge on any atom is -0.361 e. The highest BCUT2D eigenvalue weighted by atomic mass is 19.1. The maximum Gasteiger partial charge on any atom is 0.168 e. The van der Waals surface area contributed by atoms with E-state index in [1.165, 1.54) is 117 Å². The predicted octanol–water partition coefficient (Wildman–Crippen LogP) is 22.2. The number of imidazole rings is 4. The monoisotopic (exact) mass is 1480 g/mol. The van der Waals surface area contributed by atoms with Gasteiger partial charge in [-0.2, -0.15) is 0 Å². The Morgan fingerprint density at radius 1 is 0.423 bits per heavy atom. The second-order valence-corrected chi connectivity index (χ2v) is 32.1. The summed E-state index contributed by atoms with van der Waals surface area (Å²) in [6, 6.07) is 30.6. The molecule has 0 radical (unpaired) electrons. The Hall–Kier alpha value is -11.5. The summed E-state index contributed by atoms with van der Waals surface area (Å²) in [5.41, 5.74) is 36.6. The van der Waals surface area contributed by atoms with Gasteiger partial charge < -0.3 is 37.6 Å². The fourth-order valence-corrected chi connectivity index (χ4v) is 17.5. The number of aliphatic imine (C=N–C) groups is 3. The summed E-state index contributed by atoms with van der Waals surface area (Å²) in [6.07, 6.45) is 9.74. The molecule has 0 saturated heterocycles. The molecule has 11 heterocycles. The second kappa shape index (κ2) is 27.2. The summed E-state index contributed by atoms with van der Waals surface area (Å²) in [5.74, 6) is 8.91. The quantitative estimate of drug-likeness (QED) is 0.103. The third-order valence-corrected chi connectivity index (χ3v) is 23.8. The lowest BCUT2D eigenvalue weighted by molar-refractivity contribution is 0.303. The van der Waals surface area contributed by atoms with Gasteiger partial charge >= 0.3 is 0 Å². The Kier molecular flexibility index (Phi) is 17.4. The third kappa shape index (κ3) is 12.5. The van der Waals surface area contributed by atoms with E-state index in [4.69, 9.17) is 33.0 Å². The van der Waals surface area contributed by atoms with E-state index in [-0.39, 0.29) is 0 Å². The van der Waals surface area contributed by atoms with Crippen LogP contribution in [0.2, 0.25) is 0 Å². The van der Waals surface area contributed by atoms with E-state index in [2.05, 4.69) is 188 Å². The number of halogens is 1. The molecule has 21 rings (SSSR count). The molecule has 562 valence electrons. The number of hydrogen-bond donors (Lipinski definition) is 3. The maximum atomic E-state index is 14.7. The minimum absolute atomic E-state index is 0.431. The van der Waals surface area contributed by atoms with E-state index >= 15 is 0 Å². The highest BCUT2D eigenvalue weighted by Crippen LogP contribution is 2.51. The lowest BCUT2D eigenvalue weighted by atomic mass is 9.85. The average molecular weight is 1480 g/mol. The first-order valence-corrected chi connectivity index (χ1v) is 39.1. The average Bonchev–Trinajstić information content (AvgIpc) is 1.64. The van der Waals surface area contributed by atoms with Crippen LogP contribution in [0.4, 0.5) is 4.39 Å². The van der Waals surface area contributed by atoms with Crippen LogP contribution in [0, 0.1) is 62.3 Å². The van der Waals surface area contributed by atoms with Crippen LogP contribution in [0.15, 0.2) is 135 Å². The Morgan fingerprint density at radius 2 is 0.829 bits per heavy atom. The zero-order valence-corrected chi connectivity index (χ0v) is 66.2. The number of nitrogens with zero attached hydrogens (tertiary/aromatic N) is 12. The van der Waals surface area contributed by atoms with E-state index in [1.54, 1.807) is 0 Å². The predicted molar refractivity (Wildman–Crippen MR) is 441 cm³/mol. The molecule has 3 N–H and O–H groups in total. The zero-order valence-electron chi connectivity index (χ0n) is 66.2. The standard InChI is InChI=1S/C27H25N3O.C22H24N4O.C21H21FN4O.C21H22N4O/c1-15-9-10-18-7-5-6-8-21(18)24(15)22-13-20(25-16(2)29-31-17(25)3)14-23-26(22)30(4)27(28-23)19-11-12-19;1-11-10-23-12(2)19(11)17-8-16(20-13(3)26-27-14(20)4)9-18-21(17)25-22(24-18)15-6-5-7-15;1-10-9-23-11(2)17(10)15-7-14(18-12(3)26-27-13(18)4)8-16-19(15)25-20(24-16)21(22)5-6-21;1-10-9-22-11(2)18(10)16-7-15(19-12(3)25-26-13(19)4)8-17-20(16)24-21(23-17)14-5-6-14/h5-10,13-14,19H,11-12H2,1-4H3;8-9,15H,5-7,10H2,1-4H3,(H,24,25);7-8H,5-6,9H2,1-4H3,(H,24,25);7-8,14H,5-6,9H2,1-4H3,(H,23,24). The lowest BCUT2D eigenvalue weighted by Gasteiger charge is -2.22. The number of rotatable bonds is 12. The first-order valence-electron chi connectivity index (χ1n) is 39.1. The largest absolute Gasteiger partial charge is 0.361 e. The number of H-pyrrole nitrogens is 3. The van der Waals surface area contributed by atoms with Crippen molar-refractivity contribution < 1.29 is 22.5 Å². The molecular weight excluding hydrogens is 1390 g/mol. The Morgan fingerprint density at radius 3 is 1.22 bits per heavy atom. The summed E-state index contributed by atoms with van der Waals surface area (Å²) >= 11 is 0. The summed E-state index contributed by atoms with van der Waals surface area (Å²) in [6.45, 7) is 32.8. The number of fused-ring (bicyclic) bond motifs is 5. The molecule has 14 aromatic rings. The molecule has 0 spiro atoms. The maximum absolute atomic E-state index is 14.7. The van der Waals surface area contributed by atoms with Gasteiger partial charge in [0, 0.05) is 103 Å². The minimum atomic E-state index is -1.30.